The summed E-state index contributed by atoms with van der Waals surface area (Å²) in [5, 5.41) is 3.27. The SMILES string of the molecule is CCCNS(=O)(=O)c1ccccc1OCC1CCNC1. The summed E-state index contributed by atoms with van der Waals surface area (Å²) in [4.78, 5) is 0.222. The van der Waals surface area contributed by atoms with Gasteiger partial charge < -0.3 is 10.1 Å². The predicted octanol–water partition coefficient (Wildman–Crippen LogP) is 1.36. The van der Waals surface area contributed by atoms with Gasteiger partial charge in [-0.2, -0.15) is 0 Å². The van der Waals surface area contributed by atoms with E-state index in [1.165, 1.54) is 0 Å². The zero-order valence-electron chi connectivity index (χ0n) is 11.8. The third-order valence-corrected chi connectivity index (χ3v) is 4.82. The molecule has 5 nitrogen and oxygen atoms in total. The molecule has 1 fully saturated rings. The van der Waals surface area contributed by atoms with Crippen LogP contribution in [0.25, 0.3) is 0 Å². The van der Waals surface area contributed by atoms with Gasteiger partial charge in [-0.3, -0.25) is 0 Å². The maximum atomic E-state index is 12.2. The fourth-order valence-corrected chi connectivity index (χ4v) is 3.45. The fraction of sp³-hybridized carbons (Fsp3) is 0.571. The monoisotopic (exact) mass is 298 g/mol. The lowest BCUT2D eigenvalue weighted by molar-refractivity contribution is 0.254. The van der Waals surface area contributed by atoms with Crippen molar-refractivity contribution in [2.75, 3.05) is 26.2 Å². The summed E-state index contributed by atoms with van der Waals surface area (Å²) >= 11 is 0. The molecule has 6 heteroatoms. The number of hydrogen-bond acceptors (Lipinski definition) is 4. The summed E-state index contributed by atoms with van der Waals surface area (Å²) in [6.07, 6.45) is 1.83. The summed E-state index contributed by atoms with van der Waals surface area (Å²) in [5.74, 6) is 0.886. The minimum absolute atomic E-state index is 0.222. The Balaban J connectivity index is 2.08. The van der Waals surface area contributed by atoms with Gasteiger partial charge in [-0.15, -0.1) is 0 Å². The van der Waals surface area contributed by atoms with E-state index in [4.69, 9.17) is 4.74 Å². The van der Waals surface area contributed by atoms with Crippen molar-refractivity contribution in [3.63, 3.8) is 0 Å². The molecule has 0 spiro atoms. The number of hydrogen-bond donors (Lipinski definition) is 2. The number of sulfonamides is 1. The average Bonchev–Trinajstić information content (AvgIpc) is 2.96. The molecule has 1 aromatic carbocycles. The predicted molar refractivity (Wildman–Crippen MR) is 78.4 cm³/mol. The van der Waals surface area contributed by atoms with Gasteiger partial charge in [0, 0.05) is 19.0 Å². The second kappa shape index (κ2) is 7.06. The van der Waals surface area contributed by atoms with E-state index in [9.17, 15) is 8.42 Å². The largest absolute Gasteiger partial charge is 0.492 e. The molecule has 2 N–H and O–H groups in total. The van der Waals surface area contributed by atoms with Crippen LogP contribution in [0.15, 0.2) is 29.2 Å². The molecule has 1 aromatic rings. The molecule has 0 radical (unpaired) electrons. The van der Waals surface area contributed by atoms with Crippen LogP contribution in [0.4, 0.5) is 0 Å². The lowest BCUT2D eigenvalue weighted by Gasteiger charge is -2.14. The Morgan fingerprint density at radius 1 is 1.40 bits per heavy atom. The van der Waals surface area contributed by atoms with Gasteiger partial charge in [0.1, 0.15) is 10.6 Å². The summed E-state index contributed by atoms with van der Waals surface area (Å²) in [7, 11) is -3.49. The Labute approximate surface area is 120 Å². The quantitative estimate of drug-likeness (QED) is 0.798. The Morgan fingerprint density at radius 3 is 2.90 bits per heavy atom. The highest BCUT2D eigenvalue weighted by molar-refractivity contribution is 7.89. The molecular weight excluding hydrogens is 276 g/mol. The summed E-state index contributed by atoms with van der Waals surface area (Å²) in [6, 6.07) is 6.80. The van der Waals surface area contributed by atoms with Crippen LogP contribution in [-0.4, -0.2) is 34.7 Å². The standard InChI is InChI=1S/C14H22N2O3S/c1-2-8-16-20(17,18)14-6-4-3-5-13(14)19-11-12-7-9-15-10-12/h3-6,12,15-16H,2,7-11H2,1H3. The molecule has 0 bridgehead atoms. The van der Waals surface area contributed by atoms with Crippen LogP contribution in [0.5, 0.6) is 5.75 Å². The van der Waals surface area contributed by atoms with Gasteiger partial charge in [0.15, 0.2) is 0 Å². The second-order valence-electron chi connectivity index (χ2n) is 5.01. The molecule has 0 aromatic heterocycles. The number of rotatable bonds is 7. The molecule has 1 aliphatic rings. The number of nitrogens with one attached hydrogen (secondary N) is 2. The summed E-state index contributed by atoms with van der Waals surface area (Å²) in [5.41, 5.74) is 0. The van der Waals surface area contributed by atoms with Crippen molar-refractivity contribution in [3.8, 4) is 5.75 Å². The highest BCUT2D eigenvalue weighted by Crippen LogP contribution is 2.24. The van der Waals surface area contributed by atoms with Gasteiger partial charge in [0.25, 0.3) is 0 Å². The van der Waals surface area contributed by atoms with Gasteiger partial charge in [-0.25, -0.2) is 13.1 Å². The van der Waals surface area contributed by atoms with Crippen LogP contribution in [0.1, 0.15) is 19.8 Å². The fourth-order valence-electron chi connectivity index (χ4n) is 2.17. The van der Waals surface area contributed by atoms with E-state index in [0.717, 1.165) is 25.9 Å². The zero-order valence-corrected chi connectivity index (χ0v) is 12.6. The summed E-state index contributed by atoms with van der Waals surface area (Å²) in [6.45, 7) is 4.85. The first kappa shape index (κ1) is 15.3. The van der Waals surface area contributed by atoms with E-state index in [-0.39, 0.29) is 4.90 Å². The Morgan fingerprint density at radius 2 is 2.20 bits per heavy atom. The lowest BCUT2D eigenvalue weighted by Crippen LogP contribution is -2.25. The highest BCUT2D eigenvalue weighted by Gasteiger charge is 2.20. The smallest absolute Gasteiger partial charge is 0.244 e. The third-order valence-electron chi connectivity index (χ3n) is 3.32. The van der Waals surface area contributed by atoms with Crippen LogP contribution in [-0.2, 0) is 10.0 Å². The topological polar surface area (TPSA) is 67.4 Å². The molecule has 1 atom stereocenters. The van der Waals surface area contributed by atoms with Crippen LogP contribution < -0.4 is 14.8 Å². The molecule has 0 saturated carbocycles. The molecule has 1 saturated heterocycles. The van der Waals surface area contributed by atoms with Crippen molar-refractivity contribution in [2.24, 2.45) is 5.92 Å². The van der Waals surface area contributed by atoms with Crippen molar-refractivity contribution in [3.05, 3.63) is 24.3 Å². The second-order valence-corrected chi connectivity index (χ2v) is 6.75. The molecule has 1 unspecified atom stereocenters. The number of para-hydroxylation sites is 1. The van der Waals surface area contributed by atoms with E-state index in [2.05, 4.69) is 10.0 Å². The van der Waals surface area contributed by atoms with Crippen molar-refractivity contribution in [1.82, 2.24) is 10.0 Å². The van der Waals surface area contributed by atoms with Gasteiger partial charge >= 0.3 is 0 Å². The highest BCUT2D eigenvalue weighted by atomic mass is 32.2. The Kier molecular flexibility index (Phi) is 5.39. The number of ether oxygens (including phenoxy) is 1. The minimum atomic E-state index is -3.49. The minimum Gasteiger partial charge on any atom is -0.492 e. The zero-order chi connectivity index (χ0) is 14.4. The van der Waals surface area contributed by atoms with Gasteiger partial charge in [0.05, 0.1) is 6.61 Å². The Hall–Kier alpha value is -1.11. The van der Waals surface area contributed by atoms with E-state index in [1.54, 1.807) is 24.3 Å². The first-order chi connectivity index (χ1) is 9.63. The van der Waals surface area contributed by atoms with E-state index in [0.29, 0.717) is 24.8 Å². The lowest BCUT2D eigenvalue weighted by atomic mass is 10.1. The first-order valence-corrected chi connectivity index (χ1v) is 8.54. The molecule has 0 aliphatic carbocycles. The molecular formula is C14H22N2O3S. The van der Waals surface area contributed by atoms with Crippen molar-refractivity contribution < 1.29 is 13.2 Å². The van der Waals surface area contributed by atoms with E-state index < -0.39 is 10.0 Å². The number of benzene rings is 1. The summed E-state index contributed by atoms with van der Waals surface area (Å²) < 4.78 is 32.7. The third kappa shape index (κ3) is 3.94. The van der Waals surface area contributed by atoms with Crippen molar-refractivity contribution in [1.29, 1.82) is 0 Å². The molecule has 112 valence electrons. The van der Waals surface area contributed by atoms with Gasteiger partial charge in [-0.05, 0) is 31.5 Å². The Bertz CT molecular complexity index is 525. The van der Waals surface area contributed by atoms with Crippen LogP contribution in [0.2, 0.25) is 0 Å². The van der Waals surface area contributed by atoms with Crippen LogP contribution in [0.3, 0.4) is 0 Å². The first-order valence-electron chi connectivity index (χ1n) is 7.05. The van der Waals surface area contributed by atoms with Crippen molar-refractivity contribution >= 4 is 10.0 Å². The average molecular weight is 298 g/mol. The molecule has 1 aliphatic heterocycles. The van der Waals surface area contributed by atoms with Gasteiger partial charge in [-0.1, -0.05) is 19.1 Å². The van der Waals surface area contributed by atoms with Crippen LogP contribution >= 0.6 is 0 Å². The maximum Gasteiger partial charge on any atom is 0.244 e. The van der Waals surface area contributed by atoms with E-state index in [1.807, 2.05) is 6.92 Å². The normalized spacial score (nSPS) is 19.1. The molecule has 2 rings (SSSR count). The van der Waals surface area contributed by atoms with Gasteiger partial charge in [0.2, 0.25) is 10.0 Å². The molecule has 0 amide bonds. The molecule has 20 heavy (non-hydrogen) atoms. The van der Waals surface area contributed by atoms with Crippen molar-refractivity contribution in [2.45, 2.75) is 24.7 Å². The molecule has 1 heterocycles. The van der Waals surface area contributed by atoms with E-state index >= 15 is 0 Å². The maximum absolute atomic E-state index is 12.2. The van der Waals surface area contributed by atoms with Crippen LogP contribution in [0, 0.1) is 5.92 Å².